The number of piperazine rings is 1. The van der Waals surface area contributed by atoms with E-state index in [9.17, 15) is 4.39 Å². The highest BCUT2D eigenvalue weighted by Crippen LogP contribution is 2.27. The van der Waals surface area contributed by atoms with Crippen LogP contribution in [0.5, 0.6) is 5.75 Å². The van der Waals surface area contributed by atoms with E-state index in [0.717, 1.165) is 50.5 Å². The van der Waals surface area contributed by atoms with Crippen LogP contribution < -0.4 is 15.0 Å². The molecular weight excluding hydrogens is 469 g/mol. The molecule has 0 amide bonds. The average Bonchev–Trinajstić information content (AvgIpc) is 3.45. The van der Waals surface area contributed by atoms with Crippen LogP contribution in [0.15, 0.2) is 83.3 Å². The van der Waals surface area contributed by atoms with Gasteiger partial charge in [-0.05, 0) is 62.0 Å². The van der Waals surface area contributed by atoms with Crippen molar-refractivity contribution in [2.75, 3.05) is 51.3 Å². The predicted octanol–water partition coefficient (Wildman–Crippen LogP) is 4.78. The molecule has 1 aromatic heterocycles. The molecule has 0 aliphatic carbocycles. The van der Waals surface area contributed by atoms with Crippen molar-refractivity contribution < 1.29 is 13.5 Å². The van der Waals surface area contributed by atoms with Crippen molar-refractivity contribution in [2.24, 2.45) is 0 Å². The molecule has 3 aromatic carbocycles. The molecule has 1 aliphatic heterocycles. The number of benzene rings is 3. The topological polar surface area (TPSA) is 66.7 Å². The zero-order valence-electron chi connectivity index (χ0n) is 21.0. The van der Waals surface area contributed by atoms with E-state index >= 15 is 0 Å². The molecule has 7 nitrogen and oxygen atoms in total. The Labute approximate surface area is 216 Å². The van der Waals surface area contributed by atoms with E-state index in [0.29, 0.717) is 23.9 Å². The van der Waals surface area contributed by atoms with E-state index in [1.54, 1.807) is 19.2 Å². The van der Waals surface area contributed by atoms with Crippen LogP contribution in [0.3, 0.4) is 0 Å². The van der Waals surface area contributed by atoms with Crippen molar-refractivity contribution in [3.05, 3.63) is 96.1 Å². The van der Waals surface area contributed by atoms with Gasteiger partial charge in [-0.2, -0.15) is 0 Å². The van der Waals surface area contributed by atoms with Gasteiger partial charge in [-0.1, -0.05) is 36.4 Å². The van der Waals surface area contributed by atoms with Crippen molar-refractivity contribution in [1.29, 1.82) is 0 Å². The molecule has 8 heteroatoms. The first kappa shape index (κ1) is 24.9. The number of rotatable bonds is 10. The molecule has 0 unspecified atom stereocenters. The number of ether oxygens (including phenoxy) is 1. The van der Waals surface area contributed by atoms with Crippen LogP contribution in [0.2, 0.25) is 0 Å². The Balaban J connectivity index is 1.16. The van der Waals surface area contributed by atoms with Gasteiger partial charge in [0.05, 0.1) is 7.11 Å². The monoisotopic (exact) mass is 501 g/mol. The van der Waals surface area contributed by atoms with E-state index in [1.165, 1.54) is 11.8 Å². The van der Waals surface area contributed by atoms with Gasteiger partial charge in [-0.15, -0.1) is 10.2 Å². The van der Waals surface area contributed by atoms with Crippen LogP contribution in [0.4, 0.5) is 10.1 Å². The highest BCUT2D eigenvalue weighted by atomic mass is 19.1. The van der Waals surface area contributed by atoms with E-state index in [4.69, 9.17) is 9.15 Å². The number of halogens is 1. The van der Waals surface area contributed by atoms with E-state index < -0.39 is 6.04 Å². The number of hydrogen-bond acceptors (Lipinski definition) is 7. The third kappa shape index (κ3) is 6.15. The molecule has 37 heavy (non-hydrogen) atoms. The molecule has 1 atom stereocenters. The van der Waals surface area contributed by atoms with Gasteiger partial charge in [-0.3, -0.25) is 4.90 Å². The maximum Gasteiger partial charge on any atom is 0.247 e. The maximum absolute atomic E-state index is 14.7. The molecule has 192 valence electrons. The summed E-state index contributed by atoms with van der Waals surface area (Å²) in [6.45, 7) is 5.65. The minimum atomic E-state index is -0.516. The first-order chi connectivity index (χ1) is 18.2. The third-order valence-electron chi connectivity index (χ3n) is 6.73. The molecule has 0 spiro atoms. The SMILES string of the molecule is COc1ccc(N2CCN(CCCN[C@H](c3nnc(-c4ccccc4)o3)c3ccccc3F)CC2)cc1. The third-order valence-corrected chi connectivity index (χ3v) is 6.73. The highest BCUT2D eigenvalue weighted by molar-refractivity contribution is 5.52. The second kappa shape index (κ2) is 12.0. The number of hydrogen-bond donors (Lipinski definition) is 1. The molecule has 4 aromatic rings. The van der Waals surface area contributed by atoms with Crippen molar-refractivity contribution in [1.82, 2.24) is 20.4 Å². The van der Waals surface area contributed by atoms with Crippen molar-refractivity contribution in [3.63, 3.8) is 0 Å². The lowest BCUT2D eigenvalue weighted by Crippen LogP contribution is -2.47. The fourth-order valence-electron chi connectivity index (χ4n) is 4.66. The predicted molar refractivity (Wildman–Crippen MR) is 142 cm³/mol. The summed E-state index contributed by atoms with van der Waals surface area (Å²) in [6.07, 6.45) is 0.924. The minimum absolute atomic E-state index is 0.297. The summed E-state index contributed by atoms with van der Waals surface area (Å²) >= 11 is 0. The lowest BCUT2D eigenvalue weighted by molar-refractivity contribution is 0.252. The molecular formula is C29H32FN5O2. The molecule has 1 N–H and O–H groups in total. The Bertz CT molecular complexity index is 1260. The number of anilines is 1. The van der Waals surface area contributed by atoms with Gasteiger partial charge in [0, 0.05) is 43.0 Å². The Morgan fingerprint density at radius 2 is 1.65 bits per heavy atom. The number of methoxy groups -OCH3 is 1. The van der Waals surface area contributed by atoms with Crippen LogP contribution in [0.1, 0.15) is 23.9 Å². The Morgan fingerprint density at radius 3 is 2.38 bits per heavy atom. The molecule has 1 saturated heterocycles. The zero-order chi connectivity index (χ0) is 25.5. The summed E-state index contributed by atoms with van der Waals surface area (Å²) in [5, 5.41) is 11.9. The van der Waals surface area contributed by atoms with E-state index in [2.05, 4.69) is 37.4 Å². The van der Waals surface area contributed by atoms with E-state index in [-0.39, 0.29) is 5.82 Å². The quantitative estimate of drug-likeness (QED) is 0.314. The number of nitrogens with one attached hydrogen (secondary N) is 1. The molecule has 5 rings (SSSR count). The summed E-state index contributed by atoms with van der Waals surface area (Å²) in [5.41, 5.74) is 2.56. The highest BCUT2D eigenvalue weighted by Gasteiger charge is 2.24. The van der Waals surface area contributed by atoms with Gasteiger partial charge < -0.3 is 19.4 Å². The molecule has 0 radical (unpaired) electrons. The van der Waals surface area contributed by atoms with Gasteiger partial charge in [-0.25, -0.2) is 4.39 Å². The Morgan fingerprint density at radius 1 is 0.919 bits per heavy atom. The van der Waals surface area contributed by atoms with Crippen LogP contribution in [0, 0.1) is 5.82 Å². The second-order valence-electron chi connectivity index (χ2n) is 9.10. The van der Waals surface area contributed by atoms with Crippen molar-refractivity contribution >= 4 is 5.69 Å². The van der Waals surface area contributed by atoms with Gasteiger partial charge in [0.15, 0.2) is 0 Å². The lowest BCUT2D eigenvalue weighted by Gasteiger charge is -2.36. The number of aromatic nitrogens is 2. The number of nitrogens with zero attached hydrogens (tertiary/aromatic N) is 4. The van der Waals surface area contributed by atoms with Gasteiger partial charge in [0.1, 0.15) is 17.6 Å². The molecule has 0 bridgehead atoms. The van der Waals surface area contributed by atoms with Crippen LogP contribution >= 0.6 is 0 Å². The zero-order valence-corrected chi connectivity index (χ0v) is 21.0. The van der Waals surface area contributed by atoms with Gasteiger partial charge >= 0.3 is 0 Å². The van der Waals surface area contributed by atoms with Crippen LogP contribution in [0.25, 0.3) is 11.5 Å². The molecule has 2 heterocycles. The molecule has 1 aliphatic rings. The van der Waals surface area contributed by atoms with Gasteiger partial charge in [0.25, 0.3) is 0 Å². The summed E-state index contributed by atoms with van der Waals surface area (Å²) < 4.78 is 26.0. The standard InChI is InChI=1S/C29H32FN5O2/c1-36-24-14-12-23(13-15-24)35-20-18-34(19-21-35)17-7-16-31-27(25-10-5-6-11-26(25)30)29-33-32-28(37-29)22-8-3-2-4-9-22/h2-6,8-15,27,31H,7,16-21H2,1H3/t27-/m0/s1. The normalized spacial score (nSPS) is 15.0. The Hall–Kier alpha value is -3.75. The summed E-state index contributed by atoms with van der Waals surface area (Å²) in [4.78, 5) is 4.88. The van der Waals surface area contributed by atoms with Crippen LogP contribution in [-0.4, -0.2) is 61.5 Å². The average molecular weight is 502 g/mol. The summed E-state index contributed by atoms with van der Waals surface area (Å²) in [5.74, 6) is 1.36. The van der Waals surface area contributed by atoms with Crippen molar-refractivity contribution in [3.8, 4) is 17.2 Å². The van der Waals surface area contributed by atoms with Crippen LogP contribution in [-0.2, 0) is 0 Å². The van der Waals surface area contributed by atoms with Gasteiger partial charge in [0.2, 0.25) is 11.8 Å². The minimum Gasteiger partial charge on any atom is -0.497 e. The molecule has 1 fully saturated rings. The Kier molecular flexibility index (Phi) is 8.08. The summed E-state index contributed by atoms with van der Waals surface area (Å²) in [7, 11) is 1.69. The fourth-order valence-corrected chi connectivity index (χ4v) is 4.66. The maximum atomic E-state index is 14.7. The molecule has 0 saturated carbocycles. The lowest BCUT2D eigenvalue weighted by atomic mass is 10.1. The second-order valence-corrected chi connectivity index (χ2v) is 9.10. The first-order valence-electron chi connectivity index (χ1n) is 12.7. The van der Waals surface area contributed by atoms with Crippen molar-refractivity contribution in [2.45, 2.75) is 12.5 Å². The fraction of sp³-hybridized carbons (Fsp3) is 0.310. The summed E-state index contributed by atoms with van der Waals surface area (Å²) in [6, 6.07) is 24.1. The smallest absolute Gasteiger partial charge is 0.247 e. The largest absolute Gasteiger partial charge is 0.497 e. The first-order valence-corrected chi connectivity index (χ1v) is 12.7. The van der Waals surface area contributed by atoms with E-state index in [1.807, 2.05) is 48.5 Å².